The fraction of sp³-hybridized carbons (Fsp3) is 0.444. The van der Waals surface area contributed by atoms with E-state index in [9.17, 15) is 0 Å². The average Bonchev–Trinajstić information content (AvgIpc) is 2.95. The van der Waals surface area contributed by atoms with Gasteiger partial charge in [-0.25, -0.2) is 0 Å². The lowest BCUT2D eigenvalue weighted by molar-refractivity contribution is 1.02. The summed E-state index contributed by atoms with van der Waals surface area (Å²) in [5, 5.41) is 6.66. The van der Waals surface area contributed by atoms with Crippen LogP contribution < -0.4 is 10.6 Å². The molecule has 0 unspecified atom stereocenters. The zero-order valence-electron chi connectivity index (χ0n) is 12.8. The van der Waals surface area contributed by atoms with Crippen molar-refractivity contribution in [3.05, 3.63) is 35.4 Å². The molecular weight excluding hydrogens is 278 g/mol. The fourth-order valence-corrected chi connectivity index (χ4v) is 12.8. The molecule has 0 saturated heterocycles. The highest BCUT2D eigenvalue weighted by Crippen LogP contribution is 2.66. The summed E-state index contributed by atoms with van der Waals surface area (Å²) in [4.78, 5) is 0. The molecule has 0 spiro atoms. The lowest BCUT2D eigenvalue weighted by Crippen LogP contribution is -2.18. The molecule has 0 bridgehead atoms. The second kappa shape index (κ2) is 4.22. The van der Waals surface area contributed by atoms with Crippen molar-refractivity contribution in [2.24, 2.45) is 0 Å². The predicted molar refractivity (Wildman–Crippen MR) is 94.7 cm³/mol. The molecule has 20 heavy (non-hydrogen) atoms. The van der Waals surface area contributed by atoms with Gasteiger partial charge in [-0.1, -0.05) is 53.8 Å². The first kappa shape index (κ1) is 13.1. The van der Waals surface area contributed by atoms with Crippen LogP contribution in [0.15, 0.2) is 24.3 Å². The normalized spacial score (nSPS) is 19.1. The lowest BCUT2D eigenvalue weighted by atomic mass is 10.1. The van der Waals surface area contributed by atoms with Crippen LogP contribution in [0, 0.1) is 0 Å². The molecule has 1 aliphatic carbocycles. The molecule has 1 aliphatic heterocycles. The highest BCUT2D eigenvalue weighted by molar-refractivity contribution is 8.13. The van der Waals surface area contributed by atoms with E-state index >= 15 is 0 Å². The van der Waals surface area contributed by atoms with Crippen LogP contribution in [0.4, 0.5) is 0 Å². The van der Waals surface area contributed by atoms with Crippen molar-refractivity contribution < 1.29 is 0 Å². The Morgan fingerprint density at radius 1 is 0.850 bits per heavy atom. The molecule has 0 fully saturated rings. The van der Waals surface area contributed by atoms with Crippen molar-refractivity contribution >= 4 is 35.8 Å². The Hall–Kier alpha value is -0.570. The van der Waals surface area contributed by atoms with Crippen LogP contribution in [0.1, 0.15) is 38.8 Å². The Morgan fingerprint density at radius 3 is 2.05 bits per heavy atom. The van der Waals surface area contributed by atoms with E-state index in [1.807, 2.05) is 0 Å². The van der Waals surface area contributed by atoms with Gasteiger partial charge in [0.05, 0.1) is 0 Å². The van der Waals surface area contributed by atoms with Gasteiger partial charge in [0.25, 0.3) is 0 Å². The average molecular weight is 300 g/mol. The first-order valence-electron chi connectivity index (χ1n) is 7.75. The minimum absolute atomic E-state index is 0.787. The van der Waals surface area contributed by atoms with Gasteiger partial charge in [-0.15, -0.1) is 0 Å². The number of rotatable bonds is 2. The monoisotopic (exact) mass is 300 g/mol. The minimum atomic E-state index is -1.09. The molecule has 0 radical (unpaired) electrons. The van der Waals surface area contributed by atoms with E-state index in [1.165, 1.54) is 12.8 Å². The minimum Gasteiger partial charge on any atom is -0.0670 e. The maximum absolute atomic E-state index is 2.50. The molecule has 4 rings (SSSR count). The van der Waals surface area contributed by atoms with Crippen molar-refractivity contribution in [1.82, 2.24) is 0 Å². The van der Waals surface area contributed by atoms with Crippen LogP contribution in [0.2, 0.25) is 0 Å². The van der Waals surface area contributed by atoms with E-state index in [-0.39, 0.29) is 0 Å². The van der Waals surface area contributed by atoms with Crippen molar-refractivity contribution in [2.75, 3.05) is 0 Å². The second-order valence-corrected chi connectivity index (χ2v) is 14.1. The Labute approximate surface area is 123 Å². The SMILES string of the molecule is CC(C)P1(C(C)C)=Pc2ccc3c4c(ccc1c24)CC3. The Balaban J connectivity index is 2.17. The van der Waals surface area contributed by atoms with Crippen molar-refractivity contribution in [2.45, 2.75) is 51.9 Å². The third-order valence-electron chi connectivity index (χ3n) is 5.19. The van der Waals surface area contributed by atoms with Crippen LogP contribution in [-0.4, -0.2) is 11.3 Å². The molecule has 0 saturated carbocycles. The van der Waals surface area contributed by atoms with Gasteiger partial charge in [-0.3, -0.25) is 0 Å². The summed E-state index contributed by atoms with van der Waals surface area (Å²) in [6, 6.07) is 9.79. The summed E-state index contributed by atoms with van der Waals surface area (Å²) in [5.41, 5.74) is 4.77. The van der Waals surface area contributed by atoms with Gasteiger partial charge in [0, 0.05) is 10.7 Å². The van der Waals surface area contributed by atoms with E-state index in [0.717, 1.165) is 11.3 Å². The maximum Gasteiger partial charge on any atom is 0.0105 e. The van der Waals surface area contributed by atoms with Gasteiger partial charge >= 0.3 is 0 Å². The standard InChI is InChI=1S/C18H22P2/c1-11(2)20(12(3)4)16-10-8-14-6-5-13-7-9-15(19-20)18(16)17(13)14/h7-12H,5-6H2,1-4H3. The fourth-order valence-electron chi connectivity index (χ4n) is 4.29. The molecule has 1 heterocycles. The number of aryl methyl sites for hydroxylation is 2. The van der Waals surface area contributed by atoms with Crippen molar-refractivity contribution in [3.8, 4) is 0 Å². The zero-order chi connectivity index (χ0) is 14.1. The smallest absolute Gasteiger partial charge is 0.0105 e. The van der Waals surface area contributed by atoms with Gasteiger partial charge in [0.1, 0.15) is 0 Å². The molecule has 0 aromatic heterocycles. The van der Waals surface area contributed by atoms with Crippen LogP contribution >= 0.6 is 14.4 Å². The van der Waals surface area contributed by atoms with Crippen LogP contribution in [0.25, 0.3) is 10.8 Å². The molecule has 2 aromatic rings. The molecule has 0 N–H and O–H groups in total. The van der Waals surface area contributed by atoms with Gasteiger partial charge in [-0.05, 0) is 58.6 Å². The lowest BCUT2D eigenvalue weighted by Gasteiger charge is -2.32. The third kappa shape index (κ3) is 1.43. The Kier molecular flexibility index (Phi) is 2.77. The van der Waals surface area contributed by atoms with E-state index in [2.05, 4.69) is 52.0 Å². The van der Waals surface area contributed by atoms with Crippen molar-refractivity contribution in [1.29, 1.82) is 0 Å². The van der Waals surface area contributed by atoms with Gasteiger partial charge in [-0.2, -0.15) is 0 Å². The summed E-state index contributed by atoms with van der Waals surface area (Å²) in [6.07, 6.45) is 2.50. The summed E-state index contributed by atoms with van der Waals surface area (Å²) >= 11 is 0. The zero-order valence-corrected chi connectivity index (χ0v) is 14.6. The van der Waals surface area contributed by atoms with Gasteiger partial charge in [0.2, 0.25) is 0 Å². The van der Waals surface area contributed by atoms with E-state index in [4.69, 9.17) is 0 Å². The largest absolute Gasteiger partial charge is 0.0670 e. The molecule has 2 aromatic carbocycles. The number of benzene rings is 2. The summed E-state index contributed by atoms with van der Waals surface area (Å²) in [7, 11) is 1.64. The van der Waals surface area contributed by atoms with Crippen LogP contribution in [-0.2, 0) is 12.8 Å². The van der Waals surface area contributed by atoms with Gasteiger partial charge in [0.15, 0.2) is 0 Å². The van der Waals surface area contributed by atoms with E-state index in [1.54, 1.807) is 40.4 Å². The quantitative estimate of drug-likeness (QED) is 0.692. The maximum atomic E-state index is 2.50. The molecular formula is C18H22P2. The molecule has 0 atom stereocenters. The first-order valence-corrected chi connectivity index (χ1v) is 11.3. The summed E-state index contributed by atoms with van der Waals surface area (Å²) in [5.74, 6) is 0. The summed E-state index contributed by atoms with van der Waals surface area (Å²) in [6.45, 7) is 8.72. The van der Waals surface area contributed by atoms with Crippen LogP contribution in [0.5, 0.6) is 0 Å². The third-order valence-corrected chi connectivity index (χ3v) is 15.5. The Morgan fingerprint density at radius 2 is 1.45 bits per heavy atom. The highest BCUT2D eigenvalue weighted by Gasteiger charge is 2.36. The van der Waals surface area contributed by atoms with Crippen molar-refractivity contribution in [3.63, 3.8) is 0 Å². The van der Waals surface area contributed by atoms with Crippen LogP contribution in [0.3, 0.4) is 0 Å². The topological polar surface area (TPSA) is 0 Å². The molecule has 104 valence electrons. The molecule has 0 amide bonds. The highest BCUT2D eigenvalue weighted by atomic mass is 31.8. The summed E-state index contributed by atoms with van der Waals surface area (Å²) < 4.78 is 0. The molecule has 0 nitrogen and oxygen atoms in total. The van der Waals surface area contributed by atoms with E-state index in [0.29, 0.717) is 0 Å². The van der Waals surface area contributed by atoms with Gasteiger partial charge < -0.3 is 0 Å². The predicted octanol–water partition coefficient (Wildman–Crippen LogP) is 4.90. The second-order valence-electron chi connectivity index (χ2n) is 6.76. The Bertz CT molecular complexity index is 759. The first-order chi connectivity index (χ1) is 9.55. The molecule has 2 heteroatoms. The van der Waals surface area contributed by atoms with E-state index < -0.39 is 6.55 Å². The molecule has 2 aliphatic rings. The number of hydrogen-bond acceptors (Lipinski definition) is 0. The number of hydrogen-bond donors (Lipinski definition) is 0.